The first-order chi connectivity index (χ1) is 22.6. The van der Waals surface area contributed by atoms with E-state index in [1.807, 2.05) is 6.92 Å². The van der Waals surface area contributed by atoms with Crippen LogP contribution in [-0.4, -0.2) is 49.3 Å². The molecule has 0 radical (unpaired) electrons. The molecule has 1 aromatic rings. The monoisotopic (exact) mass is 683 g/mol. The third-order valence-electron chi connectivity index (χ3n) is 8.21. The molecule has 0 aliphatic heterocycles. The van der Waals surface area contributed by atoms with Crippen molar-refractivity contribution < 1.29 is 37.1 Å². The lowest BCUT2D eigenvalue weighted by molar-refractivity contribution is -0.161. The van der Waals surface area contributed by atoms with E-state index in [0.717, 1.165) is 44.1 Å². The van der Waals surface area contributed by atoms with E-state index in [2.05, 4.69) is 13.8 Å². The first kappa shape index (κ1) is 45.0. The molecule has 1 aromatic carbocycles. The molecule has 0 fully saturated rings. The summed E-state index contributed by atoms with van der Waals surface area (Å²) in [5.41, 5.74) is 0.928. The fourth-order valence-corrected chi connectivity index (χ4v) is 5.67. The van der Waals surface area contributed by atoms with E-state index < -0.39 is 16.2 Å². The number of aliphatic hydroxyl groups is 1. The third-order valence-corrected chi connectivity index (χ3v) is 9.06. The second kappa shape index (κ2) is 31.3. The molecule has 0 heterocycles. The molecule has 47 heavy (non-hydrogen) atoms. The van der Waals surface area contributed by atoms with E-state index in [4.69, 9.17) is 9.47 Å². The Hall–Kier alpha value is -1.97. The summed E-state index contributed by atoms with van der Waals surface area (Å²) in [6.45, 7) is 5.93. The number of carbonyl (C=O) groups is 2. The zero-order valence-electron chi connectivity index (χ0n) is 30.0. The number of aryl methyl sites for hydroxylation is 1. The summed E-state index contributed by atoms with van der Waals surface area (Å²) in [4.78, 5) is 23.8. The molecule has 1 atom stereocenters. The van der Waals surface area contributed by atoms with Gasteiger partial charge in [0.15, 0.2) is 6.10 Å². The molecular weight excluding hydrogens is 616 g/mol. The average Bonchev–Trinajstić information content (AvgIpc) is 3.04. The van der Waals surface area contributed by atoms with Gasteiger partial charge in [0.25, 0.3) is 0 Å². The summed E-state index contributed by atoms with van der Waals surface area (Å²) in [6.07, 6.45) is 27.2. The summed E-state index contributed by atoms with van der Waals surface area (Å²) in [6, 6.07) is 5.78. The number of unbranched alkanes of at least 4 members (excludes halogenated alkanes) is 20. The Labute approximate surface area is 287 Å². The highest BCUT2D eigenvalue weighted by molar-refractivity contribution is 7.85. The molecule has 1 unspecified atom stereocenters. The molecule has 1 N–H and O–H groups in total. The van der Waals surface area contributed by atoms with Crippen molar-refractivity contribution in [2.75, 3.05) is 13.2 Å². The Bertz CT molecular complexity index is 978. The van der Waals surface area contributed by atoms with Gasteiger partial charge < -0.3 is 19.1 Å². The first-order valence-electron chi connectivity index (χ1n) is 18.6. The van der Waals surface area contributed by atoms with Crippen LogP contribution in [0.25, 0.3) is 0 Å². The van der Waals surface area contributed by atoms with Crippen molar-refractivity contribution in [2.24, 2.45) is 0 Å². The van der Waals surface area contributed by atoms with Crippen LogP contribution in [0, 0.1) is 6.92 Å². The molecule has 0 saturated heterocycles. The van der Waals surface area contributed by atoms with Gasteiger partial charge in [-0.15, -0.1) is 0 Å². The molecule has 0 spiro atoms. The highest BCUT2D eigenvalue weighted by atomic mass is 32.2. The number of esters is 2. The predicted octanol–water partition coefficient (Wildman–Crippen LogP) is 9.74. The predicted molar refractivity (Wildman–Crippen MR) is 189 cm³/mol. The number of aliphatic hydroxyl groups excluding tert-OH is 1. The molecule has 0 amide bonds. The molecule has 8 nitrogen and oxygen atoms in total. The molecule has 0 aliphatic rings. The topological polar surface area (TPSA) is 130 Å². The standard InChI is InChI=1S/C31H60O5.C7H8O3S/c1-3-5-7-9-11-13-15-17-19-21-23-25-30(33)35-28-29(27-32)36-31(34)26-24-22-20-18-16-14-12-10-8-6-4-2;1-6-2-4-7(5-3-6)11(8,9)10/h29,32H,3-28H2,1-2H3;2-5H,1H3,(H,8,9,10)/p-1. The van der Waals surface area contributed by atoms with Gasteiger partial charge in [0.1, 0.15) is 16.7 Å². The molecule has 0 aromatic heterocycles. The molecule has 1 rings (SSSR count). The summed E-state index contributed by atoms with van der Waals surface area (Å²) >= 11 is 0. The van der Waals surface area contributed by atoms with Crippen molar-refractivity contribution in [3.05, 3.63) is 29.8 Å². The minimum Gasteiger partial charge on any atom is -0.744 e. The van der Waals surface area contributed by atoms with E-state index >= 15 is 0 Å². The van der Waals surface area contributed by atoms with Gasteiger partial charge >= 0.3 is 11.9 Å². The maximum absolute atomic E-state index is 12.0. The van der Waals surface area contributed by atoms with E-state index in [1.54, 1.807) is 12.1 Å². The van der Waals surface area contributed by atoms with Crippen LogP contribution >= 0.6 is 0 Å². The number of hydrogen-bond acceptors (Lipinski definition) is 8. The Morgan fingerprint density at radius 2 is 1.00 bits per heavy atom. The highest BCUT2D eigenvalue weighted by Gasteiger charge is 2.16. The summed E-state index contributed by atoms with van der Waals surface area (Å²) in [5.74, 6) is -0.586. The van der Waals surface area contributed by atoms with Crippen LogP contribution in [0.5, 0.6) is 0 Å². The second-order valence-electron chi connectivity index (χ2n) is 12.8. The Balaban J connectivity index is 0.00000160. The lowest BCUT2D eigenvalue weighted by atomic mass is 10.1. The Kier molecular flexibility index (Phi) is 30.0. The SMILES string of the molecule is CCCCCCCCCCCCCC(=O)OCC(CO)OC(=O)CCCCCCCCCCCCC.Cc1ccc(S(=O)(=O)[O-])cc1. The third kappa shape index (κ3) is 29.9. The van der Waals surface area contributed by atoms with Crippen molar-refractivity contribution in [1.29, 1.82) is 0 Å². The fourth-order valence-electron chi connectivity index (χ4n) is 5.20. The largest absolute Gasteiger partial charge is 0.744 e. The zero-order chi connectivity index (χ0) is 35.0. The van der Waals surface area contributed by atoms with E-state index in [9.17, 15) is 27.7 Å². The van der Waals surface area contributed by atoms with Gasteiger partial charge in [-0.2, -0.15) is 0 Å². The van der Waals surface area contributed by atoms with Gasteiger partial charge in [0, 0.05) is 12.8 Å². The van der Waals surface area contributed by atoms with Crippen molar-refractivity contribution in [1.82, 2.24) is 0 Å². The maximum atomic E-state index is 12.0. The quantitative estimate of drug-likeness (QED) is 0.0502. The number of benzene rings is 1. The van der Waals surface area contributed by atoms with E-state index in [0.29, 0.717) is 12.8 Å². The number of ether oxygens (including phenoxy) is 2. The van der Waals surface area contributed by atoms with Crippen molar-refractivity contribution in [2.45, 2.75) is 186 Å². The van der Waals surface area contributed by atoms with Crippen LogP contribution in [0.1, 0.15) is 174 Å². The van der Waals surface area contributed by atoms with Gasteiger partial charge in [-0.25, -0.2) is 8.42 Å². The van der Waals surface area contributed by atoms with Crippen LogP contribution in [0.4, 0.5) is 0 Å². The molecule has 0 bridgehead atoms. The average molecular weight is 684 g/mol. The minimum atomic E-state index is -4.27. The van der Waals surface area contributed by atoms with Gasteiger partial charge in [-0.05, 0) is 31.9 Å². The van der Waals surface area contributed by atoms with E-state index in [1.165, 1.54) is 115 Å². The van der Waals surface area contributed by atoms with Gasteiger partial charge in [-0.1, -0.05) is 160 Å². The Morgan fingerprint density at radius 1 is 0.638 bits per heavy atom. The van der Waals surface area contributed by atoms with Crippen LogP contribution in [0.3, 0.4) is 0 Å². The maximum Gasteiger partial charge on any atom is 0.306 e. The van der Waals surface area contributed by atoms with Crippen LogP contribution in [-0.2, 0) is 29.2 Å². The molecule has 9 heteroatoms. The number of rotatable bonds is 29. The highest BCUT2D eigenvalue weighted by Crippen LogP contribution is 2.14. The van der Waals surface area contributed by atoms with Gasteiger partial charge in [-0.3, -0.25) is 9.59 Å². The smallest absolute Gasteiger partial charge is 0.306 e. The van der Waals surface area contributed by atoms with Gasteiger partial charge in [0.05, 0.1) is 11.5 Å². The van der Waals surface area contributed by atoms with Gasteiger partial charge in [0.2, 0.25) is 0 Å². The van der Waals surface area contributed by atoms with Crippen LogP contribution in [0.15, 0.2) is 29.2 Å². The molecular formula is C38H67O8S-. The molecule has 274 valence electrons. The molecule has 0 saturated carbocycles. The lowest BCUT2D eigenvalue weighted by Gasteiger charge is -2.15. The van der Waals surface area contributed by atoms with Crippen LogP contribution < -0.4 is 0 Å². The minimum absolute atomic E-state index is 0.0582. The second-order valence-corrected chi connectivity index (χ2v) is 14.2. The summed E-state index contributed by atoms with van der Waals surface area (Å²) < 4.78 is 41.7. The molecule has 0 aliphatic carbocycles. The summed E-state index contributed by atoms with van der Waals surface area (Å²) in [5, 5.41) is 9.46. The van der Waals surface area contributed by atoms with Crippen molar-refractivity contribution in [3.63, 3.8) is 0 Å². The van der Waals surface area contributed by atoms with Crippen LogP contribution in [0.2, 0.25) is 0 Å². The Morgan fingerprint density at radius 3 is 1.36 bits per heavy atom. The van der Waals surface area contributed by atoms with Crippen molar-refractivity contribution in [3.8, 4) is 0 Å². The van der Waals surface area contributed by atoms with E-state index in [-0.39, 0.29) is 30.0 Å². The first-order valence-corrected chi connectivity index (χ1v) is 20.0. The summed E-state index contributed by atoms with van der Waals surface area (Å²) in [7, 11) is -4.27. The normalized spacial score (nSPS) is 11.9. The fraction of sp³-hybridized carbons (Fsp3) is 0.789. The number of carbonyl (C=O) groups excluding carboxylic acids is 2. The number of hydrogen-bond donors (Lipinski definition) is 1. The lowest BCUT2D eigenvalue weighted by Crippen LogP contribution is -2.28. The zero-order valence-corrected chi connectivity index (χ0v) is 30.8. The van der Waals surface area contributed by atoms with Crippen molar-refractivity contribution >= 4 is 22.1 Å².